The van der Waals surface area contributed by atoms with E-state index in [0.717, 1.165) is 45.2 Å². The van der Waals surface area contributed by atoms with Gasteiger partial charge in [-0.3, -0.25) is 15.1 Å². The molecule has 0 radical (unpaired) electrons. The number of pyridine rings is 1. The Hall–Kier alpha value is -3.09. The van der Waals surface area contributed by atoms with Crippen LogP contribution >= 0.6 is 11.3 Å². The summed E-state index contributed by atoms with van der Waals surface area (Å²) in [6, 6.07) is 9.76. The molecule has 0 saturated carbocycles. The first-order chi connectivity index (χ1) is 17.2. The third kappa shape index (κ3) is 6.77. The maximum Gasteiger partial charge on any atom is 0.278 e. The van der Waals surface area contributed by atoms with Crippen LogP contribution in [0.5, 0.6) is 5.88 Å². The molecule has 0 atom stereocenters. The monoisotopic (exact) mass is 530 g/mol. The average molecular weight is 531 g/mol. The number of carbonyl (C=O) groups excluding carboxylic acids is 1. The van der Waals surface area contributed by atoms with Crippen LogP contribution in [-0.4, -0.2) is 86.5 Å². The van der Waals surface area contributed by atoms with Crippen LogP contribution < -0.4 is 10.1 Å². The lowest BCUT2D eigenvalue weighted by molar-refractivity contribution is -0.110. The summed E-state index contributed by atoms with van der Waals surface area (Å²) < 4.78 is 29.4. The number of hydrazone groups is 1. The zero-order valence-electron chi connectivity index (χ0n) is 20.6. The van der Waals surface area contributed by atoms with Crippen LogP contribution in [0.25, 0.3) is 10.3 Å². The van der Waals surface area contributed by atoms with Crippen LogP contribution in [0.1, 0.15) is 24.8 Å². The summed E-state index contributed by atoms with van der Waals surface area (Å²) in [5.74, 6) is 0.0956. The predicted molar refractivity (Wildman–Crippen MR) is 142 cm³/mol. The number of anilines is 1. The number of benzene rings is 1. The maximum atomic E-state index is 13.3. The maximum absolute atomic E-state index is 13.3. The number of amides is 1. The van der Waals surface area contributed by atoms with Gasteiger partial charge in [0.05, 0.1) is 11.5 Å². The van der Waals surface area contributed by atoms with E-state index in [4.69, 9.17) is 4.74 Å². The number of hydrogen-bond donors (Lipinski definition) is 1. The van der Waals surface area contributed by atoms with Crippen molar-refractivity contribution in [2.45, 2.75) is 24.2 Å². The van der Waals surface area contributed by atoms with Gasteiger partial charge < -0.3 is 9.64 Å². The van der Waals surface area contributed by atoms with E-state index in [-0.39, 0.29) is 10.6 Å². The van der Waals surface area contributed by atoms with E-state index >= 15 is 0 Å². The Labute approximate surface area is 214 Å². The van der Waals surface area contributed by atoms with Gasteiger partial charge in [0.25, 0.3) is 5.91 Å². The second-order valence-corrected chi connectivity index (χ2v) is 11.9. The Bertz CT molecular complexity index is 1350. The van der Waals surface area contributed by atoms with Gasteiger partial charge in [-0.15, -0.1) is 0 Å². The Morgan fingerprint density at radius 3 is 2.53 bits per heavy atom. The van der Waals surface area contributed by atoms with Crippen molar-refractivity contribution < 1.29 is 17.9 Å². The van der Waals surface area contributed by atoms with Gasteiger partial charge >= 0.3 is 0 Å². The molecule has 0 unspecified atom stereocenters. The van der Waals surface area contributed by atoms with Crippen molar-refractivity contribution in [3.05, 3.63) is 42.0 Å². The van der Waals surface area contributed by atoms with Gasteiger partial charge in [-0.2, -0.15) is 5.10 Å². The summed E-state index contributed by atoms with van der Waals surface area (Å²) in [4.78, 5) is 25.2. The fourth-order valence-electron chi connectivity index (χ4n) is 3.68. The van der Waals surface area contributed by atoms with Crippen LogP contribution in [0.4, 0.5) is 5.13 Å². The molecule has 1 aromatic carbocycles. The molecule has 1 fully saturated rings. The number of fused-ring (bicyclic) bond motifs is 1. The van der Waals surface area contributed by atoms with Gasteiger partial charge in [0, 0.05) is 37.5 Å². The number of nitrogens with zero attached hydrogens (tertiary/aromatic N) is 5. The summed E-state index contributed by atoms with van der Waals surface area (Å²) in [5, 5.41) is 9.68. The fourth-order valence-corrected chi connectivity index (χ4v) is 5.14. The molecule has 0 spiro atoms. The number of rotatable bonds is 10. The van der Waals surface area contributed by atoms with E-state index in [0.29, 0.717) is 33.5 Å². The van der Waals surface area contributed by atoms with Crippen molar-refractivity contribution in [1.82, 2.24) is 19.9 Å². The van der Waals surface area contributed by atoms with E-state index in [1.807, 2.05) is 25.2 Å². The molecular weight excluding hydrogens is 500 g/mol. The second-order valence-electron chi connectivity index (χ2n) is 8.86. The first-order valence-electron chi connectivity index (χ1n) is 11.7. The number of aromatic nitrogens is 2. The van der Waals surface area contributed by atoms with Gasteiger partial charge in [-0.25, -0.2) is 18.4 Å². The molecule has 2 aromatic heterocycles. The van der Waals surface area contributed by atoms with E-state index < -0.39 is 15.7 Å². The van der Waals surface area contributed by atoms with E-state index in [1.54, 1.807) is 18.2 Å². The third-order valence-electron chi connectivity index (χ3n) is 5.54. The zero-order chi connectivity index (χ0) is 25.7. The van der Waals surface area contributed by atoms with Crippen molar-refractivity contribution in [3.8, 4) is 5.88 Å². The smallest absolute Gasteiger partial charge is 0.278 e. The van der Waals surface area contributed by atoms with Gasteiger partial charge in [-0.1, -0.05) is 23.5 Å². The Morgan fingerprint density at radius 2 is 1.86 bits per heavy atom. The highest BCUT2D eigenvalue weighted by Crippen LogP contribution is 2.26. The number of hydrogen-bond acceptors (Lipinski definition) is 10. The normalized spacial score (nSPS) is 14.6. The number of ether oxygens (including phenoxy) is 1. The largest absolute Gasteiger partial charge is 0.478 e. The molecule has 3 heterocycles. The topological polar surface area (TPSA) is 117 Å². The predicted octanol–water partition coefficient (Wildman–Crippen LogP) is 2.86. The summed E-state index contributed by atoms with van der Waals surface area (Å²) in [6.45, 7) is 3.02. The molecule has 10 nitrogen and oxygen atoms in total. The van der Waals surface area contributed by atoms with E-state index in [1.165, 1.54) is 23.5 Å². The quantitative estimate of drug-likeness (QED) is 0.314. The molecule has 3 aromatic rings. The number of carbonyl (C=O) groups is 1. The Morgan fingerprint density at radius 1 is 1.14 bits per heavy atom. The molecule has 0 aliphatic carbocycles. The van der Waals surface area contributed by atoms with E-state index in [9.17, 15) is 13.2 Å². The summed E-state index contributed by atoms with van der Waals surface area (Å²) in [5.41, 5.74) is 1.39. The van der Waals surface area contributed by atoms with Crippen LogP contribution in [0.15, 0.2) is 46.4 Å². The lowest BCUT2D eigenvalue weighted by atomic mass is 10.1. The molecule has 12 heteroatoms. The molecule has 192 valence electrons. The molecular formula is C24H30N6O4S2. The zero-order valence-corrected chi connectivity index (χ0v) is 22.2. The fraction of sp³-hybridized carbons (Fsp3) is 0.417. The molecule has 36 heavy (non-hydrogen) atoms. The molecule has 4 rings (SSSR count). The number of sulfone groups is 1. The van der Waals surface area contributed by atoms with Crippen LogP contribution in [0.3, 0.4) is 0 Å². The first kappa shape index (κ1) is 26.0. The molecule has 1 aliphatic rings. The van der Waals surface area contributed by atoms with Gasteiger partial charge in [-0.05, 0) is 51.6 Å². The van der Waals surface area contributed by atoms with Crippen molar-refractivity contribution >= 4 is 48.3 Å². The van der Waals surface area contributed by atoms with Gasteiger partial charge in [0.15, 0.2) is 20.7 Å². The van der Waals surface area contributed by atoms with Gasteiger partial charge in [0.2, 0.25) is 5.88 Å². The first-order valence-corrected chi connectivity index (χ1v) is 14.4. The van der Waals surface area contributed by atoms with Crippen molar-refractivity contribution in [2.24, 2.45) is 5.10 Å². The number of thiazole rings is 1. The Kier molecular flexibility index (Phi) is 8.17. The van der Waals surface area contributed by atoms with Crippen molar-refractivity contribution in [3.63, 3.8) is 0 Å². The molecule has 1 saturated heterocycles. The van der Waals surface area contributed by atoms with Crippen LogP contribution in [0, 0.1) is 0 Å². The highest BCUT2D eigenvalue weighted by Gasteiger charge is 2.21. The van der Waals surface area contributed by atoms with Crippen molar-refractivity contribution in [2.75, 3.05) is 51.9 Å². The minimum atomic E-state index is -3.34. The van der Waals surface area contributed by atoms with Crippen molar-refractivity contribution in [1.29, 1.82) is 0 Å². The SMILES string of the molecule is CN(C)CCCOc1ccc2nc(NC(=O)C(=NN3CCCC3)c3ccc(S(C)(=O)=O)cc3)sc2n1. The minimum Gasteiger partial charge on any atom is -0.478 e. The Balaban J connectivity index is 1.52. The summed E-state index contributed by atoms with van der Waals surface area (Å²) in [7, 11) is 0.690. The molecule has 1 N–H and O–H groups in total. The lowest BCUT2D eigenvalue weighted by Crippen LogP contribution is -2.27. The average Bonchev–Trinajstić information content (AvgIpc) is 3.48. The minimum absolute atomic E-state index is 0.184. The lowest BCUT2D eigenvalue weighted by Gasteiger charge is -2.14. The molecule has 0 bridgehead atoms. The highest BCUT2D eigenvalue weighted by molar-refractivity contribution is 7.90. The van der Waals surface area contributed by atoms with Crippen LogP contribution in [0.2, 0.25) is 0 Å². The second kappa shape index (κ2) is 11.3. The highest BCUT2D eigenvalue weighted by atomic mass is 32.2. The van der Waals surface area contributed by atoms with Gasteiger partial charge in [0.1, 0.15) is 10.3 Å². The number of nitrogens with one attached hydrogen (secondary N) is 1. The van der Waals surface area contributed by atoms with Crippen LogP contribution in [-0.2, 0) is 14.6 Å². The molecule has 1 aliphatic heterocycles. The molecule has 1 amide bonds. The standard InChI is InChI=1S/C24H30N6O4S2/c1-29(2)13-6-16-34-20-12-11-19-23(26-20)35-24(25-19)27-22(31)21(28-30-14-4-5-15-30)17-7-9-18(10-8-17)36(3,32)33/h7-12H,4-6,13-16H2,1-3H3,(H,25,27,31). The summed E-state index contributed by atoms with van der Waals surface area (Å²) in [6.07, 6.45) is 4.05. The summed E-state index contributed by atoms with van der Waals surface area (Å²) >= 11 is 1.25. The third-order valence-corrected chi connectivity index (χ3v) is 7.55. The van der Waals surface area contributed by atoms with E-state index in [2.05, 4.69) is 25.3 Å².